The van der Waals surface area contributed by atoms with Crippen LogP contribution in [0.25, 0.3) is 0 Å². The van der Waals surface area contributed by atoms with Crippen LogP contribution in [-0.2, 0) is 4.79 Å². The van der Waals surface area contributed by atoms with Gasteiger partial charge in [-0.25, -0.2) is 0 Å². The smallest absolute Gasteiger partial charge is 0.123 e. The van der Waals surface area contributed by atoms with Gasteiger partial charge in [0, 0.05) is 5.92 Å². The minimum Gasteiger partial charge on any atom is -0.303 e. The molecule has 0 bridgehead atoms. The fourth-order valence-corrected chi connectivity index (χ4v) is 2.03. The van der Waals surface area contributed by atoms with Crippen LogP contribution in [0.15, 0.2) is 12.2 Å². The molecule has 3 atom stereocenters. The summed E-state index contributed by atoms with van der Waals surface area (Å²) in [6, 6.07) is 0. The van der Waals surface area contributed by atoms with E-state index >= 15 is 0 Å². The molecule has 0 amide bonds. The lowest BCUT2D eigenvalue weighted by Crippen LogP contribution is -2.14. The van der Waals surface area contributed by atoms with E-state index in [0.29, 0.717) is 11.8 Å². The molecular weight excluding hydrogens is 136 g/mol. The fourth-order valence-electron chi connectivity index (χ4n) is 2.03. The number of rotatable bonds is 2. The fraction of sp³-hybridized carbons (Fsp3) is 0.700. The van der Waals surface area contributed by atoms with Crippen molar-refractivity contribution in [1.29, 1.82) is 0 Å². The third-order valence-electron chi connectivity index (χ3n) is 2.84. The maximum Gasteiger partial charge on any atom is 0.123 e. The van der Waals surface area contributed by atoms with Crippen molar-refractivity contribution in [2.75, 3.05) is 0 Å². The molecule has 0 radical (unpaired) electrons. The zero-order valence-corrected chi connectivity index (χ0v) is 7.34. The van der Waals surface area contributed by atoms with Crippen molar-refractivity contribution in [2.24, 2.45) is 17.8 Å². The summed E-state index contributed by atoms with van der Waals surface area (Å²) in [5.41, 5.74) is 1.17. The van der Waals surface area contributed by atoms with Gasteiger partial charge >= 0.3 is 0 Å². The van der Waals surface area contributed by atoms with Crippen molar-refractivity contribution < 1.29 is 4.79 Å². The highest BCUT2D eigenvalue weighted by Gasteiger charge is 2.32. The van der Waals surface area contributed by atoms with Crippen LogP contribution in [0.3, 0.4) is 0 Å². The minimum absolute atomic E-state index is 0.243. The molecule has 1 aliphatic carbocycles. The Morgan fingerprint density at radius 3 is 2.55 bits per heavy atom. The summed E-state index contributed by atoms with van der Waals surface area (Å²) in [4.78, 5) is 10.7. The van der Waals surface area contributed by atoms with Gasteiger partial charge in [0.2, 0.25) is 0 Å². The maximum atomic E-state index is 10.7. The molecule has 0 aliphatic heterocycles. The first-order valence-electron chi connectivity index (χ1n) is 4.27. The van der Waals surface area contributed by atoms with E-state index in [2.05, 4.69) is 13.5 Å². The van der Waals surface area contributed by atoms with Crippen LogP contribution < -0.4 is 0 Å². The van der Waals surface area contributed by atoms with E-state index < -0.39 is 0 Å². The summed E-state index contributed by atoms with van der Waals surface area (Å²) in [5.74, 6) is 1.27. The molecule has 1 aliphatic rings. The SMILES string of the molecule is C=C(C)[C@H]1CC[C@H](C)[C@@H]1C=O. The number of hydrogen-bond donors (Lipinski definition) is 0. The lowest BCUT2D eigenvalue weighted by atomic mass is 9.88. The van der Waals surface area contributed by atoms with Gasteiger partial charge in [0.15, 0.2) is 0 Å². The van der Waals surface area contributed by atoms with E-state index in [1.54, 1.807) is 0 Å². The van der Waals surface area contributed by atoms with Crippen LogP contribution in [0.4, 0.5) is 0 Å². The molecule has 62 valence electrons. The van der Waals surface area contributed by atoms with E-state index in [-0.39, 0.29) is 5.92 Å². The number of allylic oxidation sites excluding steroid dienone is 1. The Hall–Kier alpha value is -0.590. The molecule has 1 saturated carbocycles. The van der Waals surface area contributed by atoms with Gasteiger partial charge in [-0.1, -0.05) is 19.1 Å². The summed E-state index contributed by atoms with van der Waals surface area (Å²) in [5, 5.41) is 0. The van der Waals surface area contributed by atoms with Gasteiger partial charge < -0.3 is 4.79 Å². The van der Waals surface area contributed by atoms with Gasteiger partial charge in [0.05, 0.1) is 0 Å². The monoisotopic (exact) mass is 152 g/mol. The second-order valence-corrected chi connectivity index (χ2v) is 3.72. The molecule has 0 aromatic heterocycles. The molecule has 0 unspecified atom stereocenters. The molecule has 1 heteroatoms. The Morgan fingerprint density at radius 1 is 1.55 bits per heavy atom. The number of hydrogen-bond acceptors (Lipinski definition) is 1. The van der Waals surface area contributed by atoms with Gasteiger partial charge in [-0.3, -0.25) is 0 Å². The van der Waals surface area contributed by atoms with E-state index in [4.69, 9.17) is 0 Å². The molecule has 11 heavy (non-hydrogen) atoms. The van der Waals surface area contributed by atoms with Crippen LogP contribution in [0, 0.1) is 17.8 Å². The number of carbonyl (C=O) groups is 1. The molecule has 0 N–H and O–H groups in total. The average Bonchev–Trinajstić information content (AvgIpc) is 2.30. The highest BCUT2D eigenvalue weighted by atomic mass is 16.1. The van der Waals surface area contributed by atoms with Crippen LogP contribution >= 0.6 is 0 Å². The van der Waals surface area contributed by atoms with Crippen molar-refractivity contribution in [2.45, 2.75) is 26.7 Å². The van der Waals surface area contributed by atoms with Crippen LogP contribution in [0.1, 0.15) is 26.7 Å². The molecule has 0 spiro atoms. The molecule has 1 nitrogen and oxygen atoms in total. The van der Waals surface area contributed by atoms with Gasteiger partial charge in [0.1, 0.15) is 6.29 Å². The third-order valence-corrected chi connectivity index (χ3v) is 2.84. The second kappa shape index (κ2) is 3.21. The molecule has 0 saturated heterocycles. The van der Waals surface area contributed by atoms with Crippen molar-refractivity contribution >= 4 is 6.29 Å². The normalized spacial score (nSPS) is 37.1. The molecule has 0 heterocycles. The molecule has 0 aromatic rings. The van der Waals surface area contributed by atoms with E-state index in [0.717, 1.165) is 12.7 Å². The molecule has 1 fully saturated rings. The minimum atomic E-state index is 0.243. The Kier molecular flexibility index (Phi) is 2.48. The Balaban J connectivity index is 2.68. The Bertz CT molecular complexity index is 172. The van der Waals surface area contributed by atoms with Crippen molar-refractivity contribution in [3.63, 3.8) is 0 Å². The molecule has 1 rings (SSSR count). The summed E-state index contributed by atoms with van der Waals surface area (Å²) in [6.07, 6.45) is 3.44. The zero-order chi connectivity index (χ0) is 8.43. The topological polar surface area (TPSA) is 17.1 Å². The quantitative estimate of drug-likeness (QED) is 0.438. The standard InChI is InChI=1S/C10H16O/c1-7(2)9-5-4-8(3)10(9)6-11/h6,8-10H,1,4-5H2,2-3H3/t8-,9+,10-/m0/s1. The average molecular weight is 152 g/mol. The first-order chi connectivity index (χ1) is 5.16. The van der Waals surface area contributed by atoms with Gasteiger partial charge in [0.25, 0.3) is 0 Å². The first-order valence-corrected chi connectivity index (χ1v) is 4.27. The molecular formula is C10H16O. The summed E-state index contributed by atoms with van der Waals surface area (Å²) >= 11 is 0. The van der Waals surface area contributed by atoms with Gasteiger partial charge in [-0.2, -0.15) is 0 Å². The van der Waals surface area contributed by atoms with Crippen LogP contribution in [0.2, 0.25) is 0 Å². The van der Waals surface area contributed by atoms with E-state index in [1.165, 1.54) is 12.0 Å². The lowest BCUT2D eigenvalue weighted by Gasteiger charge is -2.16. The summed E-state index contributed by atoms with van der Waals surface area (Å²) in [6.45, 7) is 8.09. The predicted molar refractivity (Wildman–Crippen MR) is 46.3 cm³/mol. The maximum absolute atomic E-state index is 10.7. The zero-order valence-electron chi connectivity index (χ0n) is 7.34. The molecule has 0 aromatic carbocycles. The van der Waals surface area contributed by atoms with Crippen molar-refractivity contribution in [1.82, 2.24) is 0 Å². The van der Waals surface area contributed by atoms with Crippen LogP contribution in [0.5, 0.6) is 0 Å². The largest absolute Gasteiger partial charge is 0.303 e. The Morgan fingerprint density at radius 2 is 2.18 bits per heavy atom. The predicted octanol–water partition coefficient (Wildman–Crippen LogP) is 2.42. The van der Waals surface area contributed by atoms with Gasteiger partial charge in [-0.15, -0.1) is 0 Å². The number of aldehydes is 1. The highest BCUT2D eigenvalue weighted by Crippen LogP contribution is 2.38. The summed E-state index contributed by atoms with van der Waals surface area (Å²) < 4.78 is 0. The summed E-state index contributed by atoms with van der Waals surface area (Å²) in [7, 11) is 0. The highest BCUT2D eigenvalue weighted by molar-refractivity contribution is 5.56. The second-order valence-electron chi connectivity index (χ2n) is 3.72. The number of carbonyl (C=O) groups excluding carboxylic acids is 1. The van der Waals surface area contributed by atoms with E-state index in [1.807, 2.05) is 6.92 Å². The first kappa shape index (κ1) is 8.51. The Labute approximate surface area is 68.5 Å². The van der Waals surface area contributed by atoms with E-state index in [9.17, 15) is 4.79 Å². The lowest BCUT2D eigenvalue weighted by molar-refractivity contribution is -0.112. The van der Waals surface area contributed by atoms with Crippen molar-refractivity contribution in [3.05, 3.63) is 12.2 Å². The third kappa shape index (κ3) is 1.52. The van der Waals surface area contributed by atoms with Gasteiger partial charge in [-0.05, 0) is 31.6 Å². The van der Waals surface area contributed by atoms with Crippen molar-refractivity contribution in [3.8, 4) is 0 Å². The van der Waals surface area contributed by atoms with Crippen LogP contribution in [-0.4, -0.2) is 6.29 Å².